The standard InChI is InChI=1S/C17H21NO3/c1-3-20-16-6-4-14(5-7-16)18-12-13-21-17-10-8-15(19-2)9-11-17/h4-11,18H,3,12-13H2,1-2H3. The lowest BCUT2D eigenvalue weighted by Crippen LogP contribution is -2.11. The average molecular weight is 287 g/mol. The lowest BCUT2D eigenvalue weighted by atomic mass is 10.3. The first-order valence-electron chi connectivity index (χ1n) is 7.05. The first kappa shape index (κ1) is 15.0. The van der Waals surface area contributed by atoms with Crippen molar-refractivity contribution >= 4 is 5.69 Å². The fraction of sp³-hybridized carbons (Fsp3) is 0.294. The molecule has 0 aromatic heterocycles. The van der Waals surface area contributed by atoms with Crippen molar-refractivity contribution in [3.63, 3.8) is 0 Å². The van der Waals surface area contributed by atoms with E-state index in [1.165, 1.54) is 0 Å². The molecule has 0 fully saturated rings. The maximum atomic E-state index is 5.65. The SMILES string of the molecule is CCOc1ccc(NCCOc2ccc(OC)cc2)cc1. The number of ether oxygens (including phenoxy) is 3. The number of hydrogen-bond acceptors (Lipinski definition) is 4. The van der Waals surface area contributed by atoms with Crippen molar-refractivity contribution in [1.82, 2.24) is 0 Å². The zero-order valence-corrected chi connectivity index (χ0v) is 12.5. The fourth-order valence-corrected chi connectivity index (χ4v) is 1.87. The third-order valence-electron chi connectivity index (χ3n) is 2.92. The Hall–Kier alpha value is -2.36. The Morgan fingerprint density at radius 2 is 1.38 bits per heavy atom. The molecule has 0 bridgehead atoms. The quantitative estimate of drug-likeness (QED) is 0.753. The lowest BCUT2D eigenvalue weighted by Gasteiger charge is -2.10. The molecule has 0 radical (unpaired) electrons. The maximum absolute atomic E-state index is 5.65. The van der Waals surface area contributed by atoms with Gasteiger partial charge in [0.25, 0.3) is 0 Å². The molecule has 0 aliphatic rings. The molecule has 0 heterocycles. The van der Waals surface area contributed by atoms with Crippen LogP contribution < -0.4 is 19.5 Å². The first-order valence-corrected chi connectivity index (χ1v) is 7.05. The summed E-state index contributed by atoms with van der Waals surface area (Å²) >= 11 is 0. The third-order valence-corrected chi connectivity index (χ3v) is 2.92. The van der Waals surface area contributed by atoms with Crippen LogP contribution in [-0.2, 0) is 0 Å². The van der Waals surface area contributed by atoms with E-state index < -0.39 is 0 Å². The van der Waals surface area contributed by atoms with Crippen molar-refractivity contribution in [3.8, 4) is 17.2 Å². The van der Waals surface area contributed by atoms with Gasteiger partial charge in [0.1, 0.15) is 23.9 Å². The summed E-state index contributed by atoms with van der Waals surface area (Å²) in [6.07, 6.45) is 0. The normalized spacial score (nSPS) is 10.0. The Morgan fingerprint density at radius 1 is 0.810 bits per heavy atom. The fourth-order valence-electron chi connectivity index (χ4n) is 1.87. The largest absolute Gasteiger partial charge is 0.497 e. The van der Waals surface area contributed by atoms with Gasteiger partial charge in [-0.1, -0.05) is 0 Å². The monoisotopic (exact) mass is 287 g/mol. The topological polar surface area (TPSA) is 39.7 Å². The van der Waals surface area contributed by atoms with Gasteiger partial charge in [-0.2, -0.15) is 0 Å². The molecule has 0 saturated carbocycles. The molecule has 2 rings (SSSR count). The van der Waals surface area contributed by atoms with Crippen molar-refractivity contribution in [2.45, 2.75) is 6.92 Å². The smallest absolute Gasteiger partial charge is 0.119 e. The number of rotatable bonds is 8. The molecular formula is C17H21NO3. The second-order valence-electron chi connectivity index (χ2n) is 4.41. The summed E-state index contributed by atoms with van der Waals surface area (Å²) in [4.78, 5) is 0. The highest BCUT2D eigenvalue weighted by Crippen LogP contribution is 2.17. The van der Waals surface area contributed by atoms with E-state index in [-0.39, 0.29) is 0 Å². The highest BCUT2D eigenvalue weighted by Gasteiger charge is 1.97. The summed E-state index contributed by atoms with van der Waals surface area (Å²) in [6.45, 7) is 3.99. The summed E-state index contributed by atoms with van der Waals surface area (Å²) in [5, 5.41) is 3.30. The van der Waals surface area contributed by atoms with E-state index in [9.17, 15) is 0 Å². The van der Waals surface area contributed by atoms with Crippen LogP contribution >= 0.6 is 0 Å². The van der Waals surface area contributed by atoms with Crippen LogP contribution in [-0.4, -0.2) is 26.9 Å². The molecule has 0 atom stereocenters. The first-order chi connectivity index (χ1) is 10.3. The van der Waals surface area contributed by atoms with Crippen molar-refractivity contribution in [2.75, 3.05) is 32.2 Å². The van der Waals surface area contributed by atoms with Gasteiger partial charge in [0.15, 0.2) is 0 Å². The Labute approximate surface area is 125 Å². The number of nitrogens with one attached hydrogen (secondary N) is 1. The predicted octanol–water partition coefficient (Wildman–Crippen LogP) is 3.58. The Kier molecular flexibility index (Phi) is 5.76. The average Bonchev–Trinajstić information content (AvgIpc) is 2.54. The molecule has 4 nitrogen and oxygen atoms in total. The van der Waals surface area contributed by atoms with Crippen LogP contribution in [0, 0.1) is 0 Å². The van der Waals surface area contributed by atoms with Crippen molar-refractivity contribution < 1.29 is 14.2 Å². The van der Waals surface area contributed by atoms with Gasteiger partial charge in [-0.25, -0.2) is 0 Å². The molecule has 0 spiro atoms. The van der Waals surface area contributed by atoms with Gasteiger partial charge in [0.2, 0.25) is 0 Å². The Morgan fingerprint density at radius 3 is 2.00 bits per heavy atom. The molecule has 0 unspecified atom stereocenters. The summed E-state index contributed by atoms with van der Waals surface area (Å²) in [5.41, 5.74) is 1.05. The van der Waals surface area contributed by atoms with E-state index in [1.54, 1.807) is 7.11 Å². The van der Waals surface area contributed by atoms with Crippen LogP contribution in [0.3, 0.4) is 0 Å². The van der Waals surface area contributed by atoms with Gasteiger partial charge in [-0.05, 0) is 55.5 Å². The number of hydrogen-bond donors (Lipinski definition) is 1. The highest BCUT2D eigenvalue weighted by molar-refractivity contribution is 5.46. The minimum Gasteiger partial charge on any atom is -0.497 e. The van der Waals surface area contributed by atoms with E-state index in [2.05, 4.69) is 5.32 Å². The molecular weight excluding hydrogens is 266 g/mol. The van der Waals surface area contributed by atoms with Gasteiger partial charge < -0.3 is 19.5 Å². The molecule has 21 heavy (non-hydrogen) atoms. The van der Waals surface area contributed by atoms with E-state index >= 15 is 0 Å². The van der Waals surface area contributed by atoms with Crippen LogP contribution in [0.4, 0.5) is 5.69 Å². The Balaban J connectivity index is 1.71. The third kappa shape index (κ3) is 4.91. The van der Waals surface area contributed by atoms with E-state index in [4.69, 9.17) is 14.2 Å². The minimum atomic E-state index is 0.597. The van der Waals surface area contributed by atoms with Crippen LogP contribution in [0.5, 0.6) is 17.2 Å². The second-order valence-corrected chi connectivity index (χ2v) is 4.41. The van der Waals surface area contributed by atoms with Crippen molar-refractivity contribution in [1.29, 1.82) is 0 Å². The van der Waals surface area contributed by atoms with E-state index in [0.29, 0.717) is 13.2 Å². The van der Waals surface area contributed by atoms with E-state index in [1.807, 2.05) is 55.5 Å². The zero-order valence-electron chi connectivity index (χ0n) is 12.5. The molecule has 0 amide bonds. The molecule has 1 N–H and O–H groups in total. The van der Waals surface area contributed by atoms with Crippen LogP contribution in [0.15, 0.2) is 48.5 Å². The second kappa shape index (κ2) is 8.04. The van der Waals surface area contributed by atoms with Crippen molar-refractivity contribution in [2.24, 2.45) is 0 Å². The van der Waals surface area contributed by atoms with Gasteiger partial charge in [-0.3, -0.25) is 0 Å². The Bertz CT molecular complexity index is 523. The number of anilines is 1. The van der Waals surface area contributed by atoms with Crippen LogP contribution in [0.2, 0.25) is 0 Å². The maximum Gasteiger partial charge on any atom is 0.119 e. The van der Waals surface area contributed by atoms with Gasteiger partial charge >= 0.3 is 0 Å². The van der Waals surface area contributed by atoms with Gasteiger partial charge in [0.05, 0.1) is 13.7 Å². The summed E-state index contributed by atoms with van der Waals surface area (Å²) in [6, 6.07) is 15.5. The molecule has 2 aromatic carbocycles. The summed E-state index contributed by atoms with van der Waals surface area (Å²) < 4.78 is 16.1. The number of methoxy groups -OCH3 is 1. The van der Waals surface area contributed by atoms with Crippen LogP contribution in [0.25, 0.3) is 0 Å². The van der Waals surface area contributed by atoms with Crippen LogP contribution in [0.1, 0.15) is 6.92 Å². The number of benzene rings is 2. The van der Waals surface area contributed by atoms with Gasteiger partial charge in [-0.15, -0.1) is 0 Å². The van der Waals surface area contributed by atoms with E-state index in [0.717, 1.165) is 29.5 Å². The van der Waals surface area contributed by atoms with Gasteiger partial charge in [0, 0.05) is 12.2 Å². The molecule has 112 valence electrons. The molecule has 4 heteroatoms. The highest BCUT2D eigenvalue weighted by atomic mass is 16.5. The van der Waals surface area contributed by atoms with Crippen molar-refractivity contribution in [3.05, 3.63) is 48.5 Å². The molecule has 2 aromatic rings. The minimum absolute atomic E-state index is 0.597. The molecule has 0 aliphatic heterocycles. The molecule has 0 aliphatic carbocycles. The predicted molar refractivity (Wildman–Crippen MR) is 84.6 cm³/mol. The zero-order chi connectivity index (χ0) is 14.9. The molecule has 0 saturated heterocycles. The lowest BCUT2D eigenvalue weighted by molar-refractivity contribution is 0.331. The summed E-state index contributed by atoms with van der Waals surface area (Å²) in [5.74, 6) is 2.55. The summed E-state index contributed by atoms with van der Waals surface area (Å²) in [7, 11) is 1.65.